The van der Waals surface area contributed by atoms with Gasteiger partial charge in [0.15, 0.2) is 0 Å². The highest BCUT2D eigenvalue weighted by atomic mass is 35.5. The molecule has 0 saturated carbocycles. The van der Waals surface area contributed by atoms with Crippen molar-refractivity contribution in [3.8, 4) is 0 Å². The molecule has 4 nitrogen and oxygen atoms in total. The number of rotatable bonds is 7. The molecule has 1 N–H and O–H groups in total. The number of aliphatic imine (C=N–C) groups is 1. The van der Waals surface area contributed by atoms with E-state index < -0.39 is 0 Å². The molecule has 6 heteroatoms. The number of nitrogens with one attached hydrogen (secondary N) is 1. The van der Waals surface area contributed by atoms with E-state index >= 15 is 0 Å². The summed E-state index contributed by atoms with van der Waals surface area (Å²) in [4.78, 5) is 8.63. The van der Waals surface area contributed by atoms with Gasteiger partial charge < -0.3 is 0 Å². The zero-order valence-electron chi connectivity index (χ0n) is 13.3. The van der Waals surface area contributed by atoms with Gasteiger partial charge in [-0.25, -0.2) is 14.8 Å². The molecule has 2 aromatic rings. The first-order chi connectivity index (χ1) is 11.1. The lowest BCUT2D eigenvalue weighted by Gasteiger charge is -2.25. The third-order valence-electron chi connectivity index (χ3n) is 3.39. The summed E-state index contributed by atoms with van der Waals surface area (Å²) in [6.45, 7) is 2.72. The van der Waals surface area contributed by atoms with Crippen molar-refractivity contribution in [3.05, 3.63) is 59.5 Å². The van der Waals surface area contributed by atoms with Gasteiger partial charge in [0.25, 0.3) is 0 Å². The monoisotopic (exact) mass is 334 g/mol. The lowest BCUT2D eigenvalue weighted by molar-refractivity contribution is 0.592. The van der Waals surface area contributed by atoms with E-state index in [1.807, 2.05) is 23.2 Å². The fourth-order valence-electron chi connectivity index (χ4n) is 2.26. The molecule has 1 heterocycles. The molecule has 0 saturated heterocycles. The summed E-state index contributed by atoms with van der Waals surface area (Å²) in [6, 6.07) is 10.6. The maximum Gasteiger partial charge on any atom is 0.146 e. The Labute approximate surface area is 141 Å². The number of nitrogens with zero attached hydrogens (tertiary/aromatic N) is 3. The van der Waals surface area contributed by atoms with Crippen molar-refractivity contribution in [2.45, 2.75) is 19.9 Å². The summed E-state index contributed by atoms with van der Waals surface area (Å²) in [5.41, 5.74) is 4.71. The van der Waals surface area contributed by atoms with E-state index in [4.69, 9.17) is 11.6 Å². The minimum Gasteiger partial charge on any atom is -0.288 e. The van der Waals surface area contributed by atoms with Gasteiger partial charge >= 0.3 is 0 Å². The van der Waals surface area contributed by atoms with Crippen molar-refractivity contribution < 1.29 is 4.39 Å². The van der Waals surface area contributed by atoms with Gasteiger partial charge in [-0.2, -0.15) is 0 Å². The average Bonchev–Trinajstić information content (AvgIpc) is 2.54. The SMILES string of the molecule is CNN(Cc1ccccc1F)c1ncccc1CCN=C(C)Cl. The Morgan fingerprint density at radius 2 is 2.00 bits per heavy atom. The second-order valence-corrected chi connectivity index (χ2v) is 5.56. The van der Waals surface area contributed by atoms with Crippen LogP contribution in [0, 0.1) is 5.82 Å². The molecule has 1 aromatic carbocycles. The van der Waals surface area contributed by atoms with Gasteiger partial charge in [-0.05, 0) is 31.0 Å². The molecule has 2 rings (SSSR count). The van der Waals surface area contributed by atoms with Crippen LogP contribution in [0.5, 0.6) is 0 Å². The summed E-state index contributed by atoms with van der Waals surface area (Å²) >= 11 is 5.77. The number of benzene rings is 1. The zero-order chi connectivity index (χ0) is 16.7. The lowest BCUT2D eigenvalue weighted by atomic mass is 10.1. The molecule has 0 aliphatic heterocycles. The summed E-state index contributed by atoms with van der Waals surface area (Å²) in [7, 11) is 1.79. The molecule has 1 aromatic heterocycles. The number of hydrogen-bond donors (Lipinski definition) is 1. The maximum absolute atomic E-state index is 13.9. The molecule has 0 fully saturated rings. The minimum absolute atomic E-state index is 0.229. The Balaban J connectivity index is 2.20. The van der Waals surface area contributed by atoms with Gasteiger partial charge in [-0.15, -0.1) is 0 Å². The fraction of sp³-hybridized carbons (Fsp3) is 0.294. The lowest BCUT2D eigenvalue weighted by Crippen LogP contribution is -2.36. The topological polar surface area (TPSA) is 40.5 Å². The standard InChI is InChI=1S/C17H20ClFN4/c1-13(18)21-11-9-14-7-5-10-22-17(14)23(20-2)12-15-6-3-4-8-16(15)19/h3-8,10,20H,9,11-12H2,1-2H3. The molecule has 0 aliphatic carbocycles. The van der Waals surface area contributed by atoms with Crippen LogP contribution in [0.15, 0.2) is 47.6 Å². The van der Waals surface area contributed by atoms with Crippen LogP contribution in [0.1, 0.15) is 18.1 Å². The average molecular weight is 335 g/mol. The normalized spacial score (nSPS) is 11.6. The molecule has 0 aliphatic rings. The highest BCUT2D eigenvalue weighted by Crippen LogP contribution is 2.19. The molecule has 23 heavy (non-hydrogen) atoms. The largest absolute Gasteiger partial charge is 0.288 e. The third kappa shape index (κ3) is 5.01. The Kier molecular flexibility index (Phi) is 6.50. The van der Waals surface area contributed by atoms with Crippen LogP contribution in [0.25, 0.3) is 0 Å². The Morgan fingerprint density at radius 1 is 1.26 bits per heavy atom. The van der Waals surface area contributed by atoms with Crippen molar-refractivity contribution in [1.29, 1.82) is 0 Å². The minimum atomic E-state index is -0.229. The van der Waals surface area contributed by atoms with Crippen molar-refractivity contribution in [2.24, 2.45) is 4.99 Å². The van der Waals surface area contributed by atoms with Gasteiger partial charge in [-0.1, -0.05) is 35.9 Å². The first-order valence-electron chi connectivity index (χ1n) is 7.40. The predicted octanol–water partition coefficient (Wildman–Crippen LogP) is 3.56. The Morgan fingerprint density at radius 3 is 2.70 bits per heavy atom. The molecule has 0 bridgehead atoms. The first kappa shape index (κ1) is 17.4. The Hall–Kier alpha value is -1.98. The van der Waals surface area contributed by atoms with E-state index in [1.54, 1.807) is 32.3 Å². The number of pyridine rings is 1. The van der Waals surface area contributed by atoms with Gasteiger partial charge in [0, 0.05) is 25.4 Å². The van der Waals surface area contributed by atoms with Crippen LogP contribution in [0.2, 0.25) is 0 Å². The molecule has 0 radical (unpaired) electrons. The third-order valence-corrected chi connectivity index (χ3v) is 3.51. The van der Waals surface area contributed by atoms with Gasteiger partial charge in [0.1, 0.15) is 11.6 Å². The van der Waals surface area contributed by atoms with Crippen LogP contribution < -0.4 is 10.4 Å². The molecule has 0 spiro atoms. The van der Waals surface area contributed by atoms with E-state index in [0.717, 1.165) is 11.4 Å². The molecule has 122 valence electrons. The van der Waals surface area contributed by atoms with E-state index in [0.29, 0.717) is 30.2 Å². The van der Waals surface area contributed by atoms with Gasteiger partial charge in [0.2, 0.25) is 0 Å². The van der Waals surface area contributed by atoms with Crippen LogP contribution in [0.4, 0.5) is 10.2 Å². The van der Waals surface area contributed by atoms with Gasteiger partial charge in [0.05, 0.1) is 11.7 Å². The van der Waals surface area contributed by atoms with E-state index in [9.17, 15) is 4.39 Å². The summed E-state index contributed by atoms with van der Waals surface area (Å²) in [6.07, 6.45) is 2.43. The molecule has 0 atom stereocenters. The van der Waals surface area contributed by atoms with Crippen LogP contribution in [0.3, 0.4) is 0 Å². The smallest absolute Gasteiger partial charge is 0.146 e. The highest BCUT2D eigenvalue weighted by molar-refractivity contribution is 6.64. The number of anilines is 1. The summed E-state index contributed by atoms with van der Waals surface area (Å²) < 4.78 is 13.9. The van der Waals surface area contributed by atoms with Crippen molar-refractivity contribution >= 4 is 22.6 Å². The second kappa shape index (κ2) is 8.60. The first-order valence-corrected chi connectivity index (χ1v) is 7.78. The zero-order valence-corrected chi connectivity index (χ0v) is 14.0. The summed E-state index contributed by atoms with van der Waals surface area (Å²) in [5, 5.41) is 2.36. The molecular formula is C17H20ClFN4. The van der Waals surface area contributed by atoms with Crippen LogP contribution >= 0.6 is 11.6 Å². The van der Waals surface area contributed by atoms with Gasteiger partial charge in [-0.3, -0.25) is 10.0 Å². The fourth-order valence-corrected chi connectivity index (χ4v) is 2.34. The molecular weight excluding hydrogens is 315 g/mol. The second-order valence-electron chi connectivity index (χ2n) is 5.02. The highest BCUT2D eigenvalue weighted by Gasteiger charge is 2.13. The maximum atomic E-state index is 13.9. The van der Waals surface area contributed by atoms with Crippen LogP contribution in [-0.2, 0) is 13.0 Å². The van der Waals surface area contributed by atoms with Crippen molar-refractivity contribution in [3.63, 3.8) is 0 Å². The number of hydrazine groups is 1. The molecule has 0 unspecified atom stereocenters. The van der Waals surface area contributed by atoms with E-state index in [1.165, 1.54) is 6.07 Å². The van der Waals surface area contributed by atoms with E-state index in [2.05, 4.69) is 15.4 Å². The quantitative estimate of drug-likeness (QED) is 0.621. The predicted molar refractivity (Wildman–Crippen MR) is 93.4 cm³/mol. The number of aromatic nitrogens is 1. The summed E-state index contributed by atoms with van der Waals surface area (Å²) in [5.74, 6) is 0.535. The van der Waals surface area contributed by atoms with E-state index in [-0.39, 0.29) is 5.82 Å². The molecule has 0 amide bonds. The van der Waals surface area contributed by atoms with Crippen LogP contribution in [-0.4, -0.2) is 23.7 Å². The number of hydrogen-bond acceptors (Lipinski definition) is 4. The number of halogens is 2. The Bertz CT molecular complexity index is 671. The van der Waals surface area contributed by atoms with Crippen molar-refractivity contribution in [2.75, 3.05) is 18.6 Å². The van der Waals surface area contributed by atoms with Crippen molar-refractivity contribution in [1.82, 2.24) is 10.4 Å².